The van der Waals surface area contributed by atoms with Crippen molar-refractivity contribution in [1.29, 1.82) is 0 Å². The fraction of sp³-hybridized carbons (Fsp3) is 0.571. The van der Waals surface area contributed by atoms with E-state index in [-0.39, 0.29) is 30.9 Å². The molecule has 1 aromatic heterocycles. The Labute approximate surface area is 184 Å². The van der Waals surface area contributed by atoms with Gasteiger partial charge in [-0.05, 0) is 43.4 Å². The monoisotopic (exact) mass is 437 g/mol. The molecule has 0 unspecified atom stereocenters. The number of piperidine rings is 1. The number of amides is 1. The Morgan fingerprint density at radius 2 is 1.90 bits per heavy atom. The van der Waals surface area contributed by atoms with Crippen LogP contribution < -0.4 is 15.2 Å². The van der Waals surface area contributed by atoms with E-state index in [1.807, 2.05) is 30.0 Å². The van der Waals surface area contributed by atoms with Gasteiger partial charge >= 0.3 is 0 Å². The number of nitrogens with two attached hydrogens (primary N) is 1. The lowest BCUT2D eigenvalue weighted by Crippen LogP contribution is -2.40. The Hall–Kier alpha value is -2.32. The number of hydrogen-bond donors (Lipinski definition) is 1. The van der Waals surface area contributed by atoms with Crippen molar-refractivity contribution in [3.63, 3.8) is 0 Å². The van der Waals surface area contributed by atoms with Crippen LogP contribution in [-0.4, -0.2) is 52.9 Å². The van der Waals surface area contributed by atoms with Gasteiger partial charge in [-0.15, -0.1) is 12.4 Å². The van der Waals surface area contributed by atoms with Crippen LogP contribution >= 0.6 is 12.4 Å². The Kier molecular flexibility index (Phi) is 8.49. The summed E-state index contributed by atoms with van der Waals surface area (Å²) in [6.07, 6.45) is 2.62. The summed E-state index contributed by atoms with van der Waals surface area (Å²) >= 11 is 0. The van der Waals surface area contributed by atoms with Gasteiger partial charge in [0.1, 0.15) is 12.4 Å². The molecule has 2 N–H and O–H groups in total. The van der Waals surface area contributed by atoms with Crippen molar-refractivity contribution < 1.29 is 14.3 Å². The molecule has 1 aliphatic rings. The summed E-state index contributed by atoms with van der Waals surface area (Å²) < 4.78 is 12.3. The van der Waals surface area contributed by atoms with E-state index >= 15 is 0 Å². The molecule has 1 aliphatic heterocycles. The first-order valence-corrected chi connectivity index (χ1v) is 10.1. The van der Waals surface area contributed by atoms with E-state index in [4.69, 9.17) is 15.2 Å². The fourth-order valence-corrected chi connectivity index (χ4v) is 3.59. The van der Waals surface area contributed by atoms with Gasteiger partial charge in [-0.25, -0.2) is 9.67 Å². The fourth-order valence-electron chi connectivity index (χ4n) is 3.59. The first kappa shape index (κ1) is 24.0. The highest BCUT2D eigenvalue weighted by atomic mass is 35.5. The first-order chi connectivity index (χ1) is 13.9. The maximum absolute atomic E-state index is 12.7. The molecule has 1 atom stereocenters. The smallest absolute Gasteiger partial charge is 0.244 e. The number of halogens is 1. The van der Waals surface area contributed by atoms with Gasteiger partial charge in [0, 0.05) is 19.5 Å². The van der Waals surface area contributed by atoms with Gasteiger partial charge in [0.05, 0.1) is 20.3 Å². The number of benzene rings is 1. The number of carbonyl (C=O) groups excluding carboxylic acids is 1. The number of methoxy groups -OCH3 is 2. The molecular weight excluding hydrogens is 406 g/mol. The van der Waals surface area contributed by atoms with Crippen LogP contribution in [0.2, 0.25) is 0 Å². The van der Waals surface area contributed by atoms with Gasteiger partial charge in [0.25, 0.3) is 0 Å². The first-order valence-electron chi connectivity index (χ1n) is 10.1. The van der Waals surface area contributed by atoms with Crippen LogP contribution in [0.4, 0.5) is 0 Å². The van der Waals surface area contributed by atoms with Gasteiger partial charge in [0.15, 0.2) is 17.3 Å². The van der Waals surface area contributed by atoms with Crippen molar-refractivity contribution in [2.75, 3.05) is 27.3 Å². The van der Waals surface area contributed by atoms with E-state index in [0.29, 0.717) is 35.5 Å². The van der Waals surface area contributed by atoms with Crippen molar-refractivity contribution in [1.82, 2.24) is 19.7 Å². The van der Waals surface area contributed by atoms with Gasteiger partial charge in [-0.2, -0.15) is 5.10 Å². The summed E-state index contributed by atoms with van der Waals surface area (Å²) in [5.74, 6) is 3.34. The van der Waals surface area contributed by atoms with E-state index in [1.54, 1.807) is 18.9 Å². The van der Waals surface area contributed by atoms with Gasteiger partial charge < -0.3 is 20.1 Å². The molecule has 1 saturated heterocycles. The third-order valence-electron chi connectivity index (χ3n) is 5.38. The second kappa shape index (κ2) is 10.6. The van der Waals surface area contributed by atoms with Gasteiger partial charge in [-0.3, -0.25) is 4.79 Å². The summed E-state index contributed by atoms with van der Waals surface area (Å²) in [5.41, 5.74) is 7.09. The van der Waals surface area contributed by atoms with Crippen molar-refractivity contribution in [2.45, 2.75) is 45.7 Å². The SMILES string of the molecule is COc1ccc(Cc2nc([C@@H](C)N)n(CC(=O)N3CCC(C)CC3)n2)cc1OC.Cl. The van der Waals surface area contributed by atoms with E-state index in [9.17, 15) is 4.79 Å². The molecule has 0 radical (unpaired) electrons. The average Bonchev–Trinajstić information content (AvgIpc) is 3.10. The molecule has 9 heteroatoms. The Morgan fingerprint density at radius 3 is 2.50 bits per heavy atom. The zero-order valence-electron chi connectivity index (χ0n) is 18.1. The van der Waals surface area contributed by atoms with E-state index in [2.05, 4.69) is 17.0 Å². The molecule has 3 rings (SSSR count). The number of likely N-dealkylation sites (tertiary alicyclic amines) is 1. The Bertz CT molecular complexity index is 847. The summed E-state index contributed by atoms with van der Waals surface area (Å²) in [6.45, 7) is 5.87. The van der Waals surface area contributed by atoms with Crippen LogP contribution in [0, 0.1) is 5.92 Å². The molecule has 0 aliphatic carbocycles. The van der Waals surface area contributed by atoms with Gasteiger partial charge in [0.2, 0.25) is 5.91 Å². The Balaban J connectivity index is 0.00000320. The summed E-state index contributed by atoms with van der Waals surface area (Å²) in [6, 6.07) is 5.41. The maximum Gasteiger partial charge on any atom is 0.244 e. The van der Waals surface area contributed by atoms with Crippen molar-refractivity contribution in [2.24, 2.45) is 11.7 Å². The third kappa shape index (κ3) is 5.64. The highest BCUT2D eigenvalue weighted by Gasteiger charge is 2.23. The maximum atomic E-state index is 12.7. The number of carbonyl (C=O) groups is 1. The minimum absolute atomic E-state index is 0. The van der Waals surface area contributed by atoms with Crippen LogP contribution in [0.5, 0.6) is 11.5 Å². The standard InChI is InChI=1S/C21H31N5O3.ClH/c1-14-7-9-25(10-8-14)20(27)13-26-21(15(2)22)23-19(24-26)12-16-5-6-17(28-3)18(11-16)29-4;/h5-6,11,14-15H,7-10,12-13,22H2,1-4H3;1H/t15-;/m1./s1. The van der Waals surface area contributed by atoms with E-state index in [1.165, 1.54) is 0 Å². The number of hydrogen-bond acceptors (Lipinski definition) is 6. The van der Waals surface area contributed by atoms with Crippen molar-refractivity contribution in [3.05, 3.63) is 35.4 Å². The third-order valence-corrected chi connectivity index (χ3v) is 5.38. The summed E-state index contributed by atoms with van der Waals surface area (Å²) in [5, 5.41) is 4.58. The van der Waals surface area contributed by atoms with Gasteiger partial charge in [-0.1, -0.05) is 13.0 Å². The molecule has 166 valence electrons. The quantitative estimate of drug-likeness (QED) is 0.715. The summed E-state index contributed by atoms with van der Waals surface area (Å²) in [4.78, 5) is 19.3. The van der Waals surface area contributed by atoms with Crippen LogP contribution in [0.25, 0.3) is 0 Å². The number of rotatable bonds is 7. The molecule has 2 heterocycles. The minimum Gasteiger partial charge on any atom is -0.493 e. The molecule has 1 fully saturated rings. The second-order valence-corrected chi connectivity index (χ2v) is 7.76. The largest absolute Gasteiger partial charge is 0.493 e. The lowest BCUT2D eigenvalue weighted by Gasteiger charge is -2.30. The van der Waals surface area contributed by atoms with Crippen LogP contribution in [0.3, 0.4) is 0 Å². The minimum atomic E-state index is -0.309. The molecule has 0 saturated carbocycles. The topological polar surface area (TPSA) is 95.5 Å². The number of nitrogens with zero attached hydrogens (tertiary/aromatic N) is 4. The molecule has 1 amide bonds. The zero-order valence-corrected chi connectivity index (χ0v) is 18.9. The number of aromatic nitrogens is 3. The molecular formula is C21H32ClN5O3. The van der Waals surface area contributed by atoms with E-state index in [0.717, 1.165) is 31.5 Å². The lowest BCUT2D eigenvalue weighted by molar-refractivity contribution is -0.133. The average molecular weight is 438 g/mol. The Morgan fingerprint density at radius 1 is 1.23 bits per heavy atom. The molecule has 30 heavy (non-hydrogen) atoms. The number of ether oxygens (including phenoxy) is 2. The predicted molar refractivity (Wildman–Crippen MR) is 117 cm³/mol. The van der Waals surface area contributed by atoms with E-state index < -0.39 is 0 Å². The second-order valence-electron chi connectivity index (χ2n) is 7.76. The van der Waals surface area contributed by atoms with Crippen molar-refractivity contribution >= 4 is 18.3 Å². The highest BCUT2D eigenvalue weighted by molar-refractivity contribution is 5.85. The van der Waals surface area contributed by atoms with Crippen molar-refractivity contribution in [3.8, 4) is 11.5 Å². The summed E-state index contributed by atoms with van der Waals surface area (Å²) in [7, 11) is 3.21. The molecule has 0 bridgehead atoms. The van der Waals surface area contributed by atoms with Crippen LogP contribution in [0.15, 0.2) is 18.2 Å². The predicted octanol–water partition coefficient (Wildman–Crippen LogP) is 2.59. The molecule has 1 aromatic carbocycles. The lowest BCUT2D eigenvalue weighted by atomic mass is 9.99. The van der Waals surface area contributed by atoms with Crippen LogP contribution in [0.1, 0.15) is 49.9 Å². The molecule has 8 nitrogen and oxygen atoms in total. The highest BCUT2D eigenvalue weighted by Crippen LogP contribution is 2.28. The zero-order chi connectivity index (χ0) is 21.0. The normalized spacial score (nSPS) is 15.4. The molecule has 0 spiro atoms. The molecule has 2 aromatic rings. The van der Waals surface area contributed by atoms with Crippen LogP contribution in [-0.2, 0) is 17.8 Å².